The van der Waals surface area contributed by atoms with E-state index in [1.165, 1.54) is 29.5 Å². The van der Waals surface area contributed by atoms with Gasteiger partial charge in [-0.2, -0.15) is 0 Å². The van der Waals surface area contributed by atoms with Gasteiger partial charge < -0.3 is 5.11 Å². The third kappa shape index (κ3) is 2.52. The lowest BCUT2D eigenvalue weighted by molar-refractivity contribution is 0.0692. The highest BCUT2D eigenvalue weighted by Crippen LogP contribution is 2.32. The predicted octanol–water partition coefficient (Wildman–Crippen LogP) is 3.86. The smallest absolute Gasteiger partial charge is 0.356 e. The number of hydrogen-bond acceptors (Lipinski definition) is 3. The molecule has 0 saturated heterocycles. The molecule has 0 bridgehead atoms. The fourth-order valence-corrected chi connectivity index (χ4v) is 2.75. The van der Waals surface area contributed by atoms with Gasteiger partial charge in [0.25, 0.3) is 0 Å². The summed E-state index contributed by atoms with van der Waals surface area (Å²) in [6.07, 6.45) is 0.633. The largest absolute Gasteiger partial charge is 0.476 e. The number of aromatic carboxylic acids is 1. The molecule has 0 atom stereocenters. The minimum Gasteiger partial charge on any atom is -0.476 e. The van der Waals surface area contributed by atoms with Crippen LogP contribution in [0.5, 0.6) is 0 Å². The number of hydrogen-bond donors (Lipinski definition) is 1. The third-order valence-electron chi connectivity index (χ3n) is 2.30. The minimum atomic E-state index is -1.12. The van der Waals surface area contributed by atoms with Crippen molar-refractivity contribution in [2.24, 2.45) is 0 Å². The highest BCUT2D eigenvalue weighted by atomic mass is 35.5. The molecule has 2 aromatic rings. The van der Waals surface area contributed by atoms with Gasteiger partial charge in [0.15, 0.2) is 5.69 Å². The number of rotatable bonds is 3. The molecule has 0 amide bonds. The number of halogens is 2. The first-order chi connectivity index (χ1) is 8.51. The normalized spacial score (nSPS) is 10.6. The highest BCUT2D eigenvalue weighted by Gasteiger charge is 2.18. The zero-order valence-electron chi connectivity index (χ0n) is 9.41. The number of carboxylic acids is 1. The summed E-state index contributed by atoms with van der Waals surface area (Å²) in [6.45, 7) is 1.88. The molecule has 1 aromatic heterocycles. The van der Waals surface area contributed by atoms with Gasteiger partial charge in [-0.3, -0.25) is 0 Å². The third-order valence-corrected chi connectivity index (χ3v) is 3.77. The molecule has 0 fully saturated rings. The molecule has 18 heavy (non-hydrogen) atoms. The van der Waals surface area contributed by atoms with Crippen LogP contribution in [0.25, 0.3) is 10.4 Å². The summed E-state index contributed by atoms with van der Waals surface area (Å²) in [5.74, 6) is -1.62. The Balaban J connectivity index is 2.61. The van der Waals surface area contributed by atoms with Crippen molar-refractivity contribution in [2.45, 2.75) is 13.3 Å². The molecule has 0 unspecified atom stereocenters. The van der Waals surface area contributed by atoms with Crippen molar-refractivity contribution in [1.82, 2.24) is 4.98 Å². The molecule has 1 N–H and O–H groups in total. The van der Waals surface area contributed by atoms with Gasteiger partial charge >= 0.3 is 5.97 Å². The number of aryl methyl sites for hydroxylation is 1. The first-order valence-electron chi connectivity index (χ1n) is 5.20. The standard InChI is InChI=1S/C12H9ClFNO2S/c1-2-9-15-10(12(16)17)11(18-9)6-3-7(13)5-8(14)4-6/h3-5H,2H2,1H3,(H,16,17). The van der Waals surface area contributed by atoms with Crippen molar-refractivity contribution >= 4 is 28.9 Å². The molecular formula is C12H9ClFNO2S. The molecular weight excluding hydrogens is 277 g/mol. The second kappa shape index (κ2) is 5.04. The van der Waals surface area contributed by atoms with Crippen LogP contribution in [0.3, 0.4) is 0 Å². The topological polar surface area (TPSA) is 50.2 Å². The van der Waals surface area contributed by atoms with Gasteiger partial charge in [-0.15, -0.1) is 11.3 Å². The Hall–Kier alpha value is -1.46. The number of thiazole rings is 1. The fourth-order valence-electron chi connectivity index (χ4n) is 1.54. The van der Waals surface area contributed by atoms with E-state index in [-0.39, 0.29) is 10.7 Å². The fraction of sp³-hybridized carbons (Fsp3) is 0.167. The zero-order chi connectivity index (χ0) is 13.3. The van der Waals surface area contributed by atoms with Crippen LogP contribution in [0.15, 0.2) is 18.2 Å². The average molecular weight is 286 g/mol. The Morgan fingerprint density at radius 3 is 2.78 bits per heavy atom. The molecule has 3 nitrogen and oxygen atoms in total. The maximum Gasteiger partial charge on any atom is 0.356 e. The minimum absolute atomic E-state index is 0.0569. The maximum absolute atomic E-state index is 13.3. The average Bonchev–Trinajstić information content (AvgIpc) is 2.71. The summed E-state index contributed by atoms with van der Waals surface area (Å²) in [5.41, 5.74) is 0.383. The Morgan fingerprint density at radius 2 is 2.22 bits per heavy atom. The van der Waals surface area contributed by atoms with Gasteiger partial charge in [-0.25, -0.2) is 14.2 Å². The second-order valence-corrected chi connectivity index (χ2v) is 5.12. The second-order valence-electron chi connectivity index (χ2n) is 3.60. The van der Waals surface area contributed by atoms with E-state index in [1.807, 2.05) is 6.92 Å². The van der Waals surface area contributed by atoms with Gasteiger partial charge in [-0.1, -0.05) is 18.5 Å². The van der Waals surface area contributed by atoms with Gasteiger partial charge in [0.1, 0.15) is 5.82 Å². The number of benzene rings is 1. The summed E-state index contributed by atoms with van der Waals surface area (Å²) in [4.78, 5) is 15.6. The van der Waals surface area contributed by atoms with Crippen LogP contribution in [0, 0.1) is 5.82 Å². The lowest BCUT2D eigenvalue weighted by Gasteiger charge is -2.00. The highest BCUT2D eigenvalue weighted by molar-refractivity contribution is 7.15. The molecule has 0 spiro atoms. The van der Waals surface area contributed by atoms with E-state index in [0.29, 0.717) is 21.9 Å². The molecule has 6 heteroatoms. The summed E-state index contributed by atoms with van der Waals surface area (Å²) >= 11 is 7.01. The van der Waals surface area contributed by atoms with Crippen LogP contribution >= 0.6 is 22.9 Å². The molecule has 0 saturated carbocycles. The molecule has 1 aromatic carbocycles. The monoisotopic (exact) mass is 285 g/mol. The van der Waals surface area contributed by atoms with Crippen molar-refractivity contribution < 1.29 is 14.3 Å². The number of carbonyl (C=O) groups is 1. The first-order valence-corrected chi connectivity index (χ1v) is 6.40. The van der Waals surface area contributed by atoms with Crippen LogP contribution in [0.1, 0.15) is 22.4 Å². The lowest BCUT2D eigenvalue weighted by Crippen LogP contribution is -1.99. The Kier molecular flexibility index (Phi) is 3.63. The quantitative estimate of drug-likeness (QED) is 0.931. The molecule has 0 aliphatic carbocycles. The Morgan fingerprint density at radius 1 is 1.50 bits per heavy atom. The van der Waals surface area contributed by atoms with E-state index in [9.17, 15) is 9.18 Å². The van der Waals surface area contributed by atoms with Gasteiger partial charge in [0, 0.05) is 5.02 Å². The van der Waals surface area contributed by atoms with Gasteiger partial charge in [0.2, 0.25) is 0 Å². The maximum atomic E-state index is 13.3. The van der Waals surface area contributed by atoms with Crippen molar-refractivity contribution in [1.29, 1.82) is 0 Å². The molecule has 94 valence electrons. The summed E-state index contributed by atoms with van der Waals surface area (Å²) in [5, 5.41) is 10.0. The molecule has 0 radical (unpaired) electrons. The summed E-state index contributed by atoms with van der Waals surface area (Å²) < 4.78 is 13.3. The number of aromatic nitrogens is 1. The number of nitrogens with zero attached hydrogens (tertiary/aromatic N) is 1. The van der Waals surface area contributed by atoms with E-state index in [1.54, 1.807) is 0 Å². The predicted molar refractivity (Wildman–Crippen MR) is 68.9 cm³/mol. The van der Waals surface area contributed by atoms with Crippen molar-refractivity contribution in [3.63, 3.8) is 0 Å². The van der Waals surface area contributed by atoms with E-state index in [4.69, 9.17) is 16.7 Å². The Bertz CT molecular complexity index is 592. The van der Waals surface area contributed by atoms with E-state index in [0.717, 1.165) is 0 Å². The molecule has 0 aliphatic heterocycles. The van der Waals surface area contributed by atoms with Crippen LogP contribution in [-0.2, 0) is 6.42 Å². The van der Waals surface area contributed by atoms with Crippen LogP contribution in [0.2, 0.25) is 5.02 Å². The zero-order valence-corrected chi connectivity index (χ0v) is 11.0. The molecule has 0 aliphatic rings. The van der Waals surface area contributed by atoms with Crippen molar-refractivity contribution in [3.05, 3.63) is 39.7 Å². The molecule has 2 rings (SSSR count). The van der Waals surface area contributed by atoms with E-state index >= 15 is 0 Å². The first kappa shape index (κ1) is 13.0. The van der Waals surface area contributed by atoms with E-state index < -0.39 is 11.8 Å². The van der Waals surface area contributed by atoms with Gasteiger partial charge in [0.05, 0.1) is 9.88 Å². The van der Waals surface area contributed by atoms with Crippen molar-refractivity contribution in [2.75, 3.05) is 0 Å². The molecule has 1 heterocycles. The SMILES string of the molecule is CCc1nc(C(=O)O)c(-c2cc(F)cc(Cl)c2)s1. The van der Waals surface area contributed by atoms with Gasteiger partial charge in [-0.05, 0) is 30.2 Å². The van der Waals surface area contributed by atoms with Crippen LogP contribution in [-0.4, -0.2) is 16.1 Å². The summed E-state index contributed by atoms with van der Waals surface area (Å²) in [7, 11) is 0. The Labute approximate surface area is 112 Å². The number of carboxylic acid groups (broad SMARTS) is 1. The van der Waals surface area contributed by atoms with Crippen molar-refractivity contribution in [3.8, 4) is 10.4 Å². The summed E-state index contributed by atoms with van der Waals surface area (Å²) in [6, 6.07) is 3.96. The van der Waals surface area contributed by atoms with Crippen LogP contribution < -0.4 is 0 Å². The van der Waals surface area contributed by atoms with Crippen LogP contribution in [0.4, 0.5) is 4.39 Å². The lowest BCUT2D eigenvalue weighted by atomic mass is 10.1. The van der Waals surface area contributed by atoms with E-state index in [2.05, 4.69) is 4.98 Å².